The average molecular weight is 1990 g/mol. The first-order valence-corrected chi connectivity index (χ1v) is 53.0. The molecule has 150 heavy (non-hydrogen) atoms. The Balaban J connectivity index is 0.000000110. The summed E-state index contributed by atoms with van der Waals surface area (Å²) in [5.41, 5.74) is 28.4. The summed E-state index contributed by atoms with van der Waals surface area (Å²) in [5, 5.41) is 8.54. The molecule has 0 fully saturated rings. The molecule has 4 aliphatic heterocycles. The van der Waals surface area contributed by atoms with Crippen molar-refractivity contribution in [3.8, 4) is 44.5 Å². The smallest absolute Gasteiger partial charge is 0.263 e. The van der Waals surface area contributed by atoms with Crippen LogP contribution in [0.25, 0.3) is 93.7 Å². The van der Waals surface area contributed by atoms with Gasteiger partial charge in [0, 0.05) is 114 Å². The normalized spacial score (nSPS) is 12.4. The van der Waals surface area contributed by atoms with Crippen LogP contribution in [0, 0.1) is 19.8 Å². The molecule has 0 spiro atoms. The number of para-hydroxylation sites is 4. The Bertz CT molecular complexity index is 8760. The molecule has 22 aromatic rings. The minimum absolute atomic E-state index is 0.00177. The molecule has 0 unspecified atom stereocenters. The highest BCUT2D eigenvalue weighted by Gasteiger charge is 2.37. The van der Waals surface area contributed by atoms with Crippen molar-refractivity contribution in [1.29, 1.82) is 0 Å². The molecule has 13 heteroatoms. The van der Waals surface area contributed by atoms with Crippen LogP contribution in [0.15, 0.2) is 533 Å². The molecule has 4 aliphatic rings. The van der Waals surface area contributed by atoms with Crippen molar-refractivity contribution in [2.75, 3.05) is 35.9 Å². The van der Waals surface area contributed by atoms with Gasteiger partial charge < -0.3 is 14.7 Å². The molecular formula is C137H102N6O4S3. The molecule has 10 nitrogen and oxygen atoms in total. The first-order valence-electron chi connectivity index (χ1n) is 50.6. The van der Waals surface area contributed by atoms with Crippen LogP contribution >= 0.6 is 35.3 Å². The van der Waals surface area contributed by atoms with E-state index < -0.39 is 0 Å². The minimum atomic E-state index is -0.00177. The molecule has 0 N–H and O–H groups in total. The van der Waals surface area contributed by atoms with Crippen molar-refractivity contribution < 1.29 is 19.2 Å². The number of carbonyl (C=O) groups is 4. The van der Waals surface area contributed by atoms with Crippen molar-refractivity contribution in [2.24, 2.45) is 5.92 Å². The van der Waals surface area contributed by atoms with E-state index in [4.69, 9.17) is 0 Å². The van der Waals surface area contributed by atoms with Crippen LogP contribution in [-0.2, 0) is 0 Å². The van der Waals surface area contributed by atoms with E-state index in [1.54, 1.807) is 41.4 Å². The standard InChI is InChI=1S/C41H28N2OS.C34H30N2O.C31H23NOS.C31H21NOS/c44-41-38-18-10-17-37-36(29-19-25-35(26-20-29)45-34-15-8-3-9-16-34)27-28-39(40(37)38)43(41)33-23-21-32(22-24-33)42(30-11-4-1-5-12-30)31-13-6-2-7-14-31;1-24(2)22-23-35-32-21-20-29(30-14-9-15-31(33(30)32)34(35)37)25-16-18-28(19-17-25)36(26-10-5-3-6-11-26)27-12-7-4-8-13-27;1-20-17-21(2)19-23(18-20)32-29-16-15-26(27-9-6-10-28(30(27)29)31(32)33)22-11-13-25(14-12-22)34-24-7-4-3-5-8-24;1-2-21-8-6-9-23(20-21)32-29-19-18-26(27-12-7-13-28(30(27)29)31(32)33)22-14-16-25(17-15-22)34-24-10-4-3-5-11-24/h1-28H;3-21,24H,22-23H2,1-2H3;3-19H,1-2H3;2-20H,1H2. The van der Waals surface area contributed by atoms with Gasteiger partial charge >= 0.3 is 0 Å². The largest absolute Gasteiger partial charge is 0.311 e. The Labute approximate surface area is 887 Å². The molecule has 0 bridgehead atoms. The summed E-state index contributed by atoms with van der Waals surface area (Å²) < 4.78 is 0. The van der Waals surface area contributed by atoms with Gasteiger partial charge in [-0.15, -0.1) is 0 Å². The van der Waals surface area contributed by atoms with Gasteiger partial charge in [0.1, 0.15) is 0 Å². The zero-order valence-electron chi connectivity index (χ0n) is 83.2. The number of carbonyl (C=O) groups excluding carboxylic acids is 4. The monoisotopic (exact) mass is 1990 g/mol. The fourth-order valence-corrected chi connectivity index (χ4v) is 23.5. The van der Waals surface area contributed by atoms with Crippen molar-refractivity contribution in [3.63, 3.8) is 0 Å². The number of nitrogens with zero attached hydrogens (tertiary/aromatic N) is 6. The predicted octanol–water partition coefficient (Wildman–Crippen LogP) is 37.6. The van der Waals surface area contributed by atoms with Crippen molar-refractivity contribution in [2.45, 2.75) is 63.5 Å². The lowest BCUT2D eigenvalue weighted by atomic mass is 9.95. The van der Waals surface area contributed by atoms with E-state index in [2.05, 4.69) is 390 Å². The molecule has 26 rings (SSSR count). The maximum atomic E-state index is 13.9. The lowest BCUT2D eigenvalue weighted by Crippen LogP contribution is -2.28. The van der Waals surface area contributed by atoms with Gasteiger partial charge in [-0.25, -0.2) is 0 Å². The lowest BCUT2D eigenvalue weighted by molar-refractivity contribution is 0.0986. The minimum Gasteiger partial charge on any atom is -0.311 e. The summed E-state index contributed by atoms with van der Waals surface area (Å²) >= 11 is 5.27. The van der Waals surface area contributed by atoms with Gasteiger partial charge in [-0.1, -0.05) is 329 Å². The molecule has 722 valence electrons. The van der Waals surface area contributed by atoms with E-state index in [1.807, 2.05) is 171 Å². The van der Waals surface area contributed by atoms with Crippen LogP contribution in [0.4, 0.5) is 73.9 Å². The quantitative estimate of drug-likeness (QED) is 0.0621. The summed E-state index contributed by atoms with van der Waals surface area (Å²) in [6.45, 7) is 13.2. The third kappa shape index (κ3) is 19.1. The van der Waals surface area contributed by atoms with Gasteiger partial charge in [0.15, 0.2) is 0 Å². The zero-order chi connectivity index (χ0) is 102. The van der Waals surface area contributed by atoms with Gasteiger partial charge in [-0.3, -0.25) is 33.9 Å². The molecule has 0 atom stereocenters. The molecule has 0 saturated heterocycles. The second-order valence-electron chi connectivity index (χ2n) is 38.0. The zero-order valence-corrected chi connectivity index (χ0v) is 85.6. The summed E-state index contributed by atoms with van der Waals surface area (Å²) in [7, 11) is 0. The summed E-state index contributed by atoms with van der Waals surface area (Å²) in [5.74, 6) is 0.718. The van der Waals surface area contributed by atoms with Gasteiger partial charge in [-0.05, 0) is 339 Å². The second-order valence-corrected chi connectivity index (χ2v) is 41.5. The van der Waals surface area contributed by atoms with Crippen molar-refractivity contribution >= 4 is 182 Å². The first-order chi connectivity index (χ1) is 73.7. The summed E-state index contributed by atoms with van der Waals surface area (Å²) in [4.78, 5) is 73.3. The fourth-order valence-electron chi connectivity index (χ4n) is 21.0. The number of aryl methyl sites for hydroxylation is 2. The van der Waals surface area contributed by atoms with Crippen LogP contribution in [0.1, 0.15) is 78.4 Å². The van der Waals surface area contributed by atoms with E-state index in [-0.39, 0.29) is 23.6 Å². The van der Waals surface area contributed by atoms with Crippen molar-refractivity contribution in [1.82, 2.24) is 0 Å². The number of amides is 4. The molecular weight excluding hydrogens is 1890 g/mol. The van der Waals surface area contributed by atoms with E-state index in [1.165, 1.54) is 29.4 Å². The Kier molecular flexibility index (Phi) is 27.0. The Hall–Kier alpha value is -17.9. The molecule has 4 amide bonds. The first kappa shape index (κ1) is 95.7. The van der Waals surface area contributed by atoms with Crippen LogP contribution in [0.3, 0.4) is 0 Å². The van der Waals surface area contributed by atoms with Crippen LogP contribution in [0.5, 0.6) is 0 Å². The van der Waals surface area contributed by atoms with Gasteiger partial charge in [0.05, 0.1) is 39.4 Å². The predicted molar refractivity (Wildman–Crippen MR) is 628 cm³/mol. The second kappa shape index (κ2) is 42.3. The average Bonchev–Trinajstić information content (AvgIpc) is 1.59. The summed E-state index contributed by atoms with van der Waals surface area (Å²) in [6.07, 6.45) is 2.79. The molecule has 0 saturated carbocycles. The molecule has 0 radical (unpaired) electrons. The lowest BCUT2D eigenvalue weighted by Gasteiger charge is -2.26. The number of anilines is 13. The SMILES string of the molecule is C=Cc1cccc(N2C(=O)c3cccc4c(-c5ccc(Sc6ccccc6)cc5)ccc2c34)c1.CC(C)CCN1C(=O)c2cccc3c(-c4ccc(N(c5ccccc5)c5ccccc5)cc4)ccc1c23.Cc1cc(C)cc(N2C(=O)c3cccc4c(-c5ccc(Sc6ccccc6)cc5)ccc2c34)c1.O=C1c2cccc3c(-c4ccc(Sc5ccccc5)cc4)ccc(c23)N1c1ccc(N(c2ccccc2)c2ccccc2)cc1. The van der Waals surface area contributed by atoms with Crippen molar-refractivity contribution in [3.05, 3.63) is 543 Å². The molecule has 22 aromatic carbocycles. The highest BCUT2D eigenvalue weighted by Crippen LogP contribution is 2.52. The summed E-state index contributed by atoms with van der Waals surface area (Å²) in [6, 6.07) is 171. The highest BCUT2D eigenvalue weighted by atomic mass is 32.2. The number of hydrogen-bond donors (Lipinski definition) is 0. The molecule has 0 aliphatic carbocycles. The van der Waals surface area contributed by atoms with Crippen LogP contribution in [-0.4, -0.2) is 30.2 Å². The number of hydrogen-bond acceptors (Lipinski definition) is 9. The van der Waals surface area contributed by atoms with E-state index in [0.29, 0.717) is 5.92 Å². The Morgan fingerprint density at radius 3 is 0.867 bits per heavy atom. The number of rotatable bonds is 23. The van der Waals surface area contributed by atoms with Crippen LogP contribution in [0.2, 0.25) is 0 Å². The maximum Gasteiger partial charge on any atom is 0.263 e. The van der Waals surface area contributed by atoms with Gasteiger partial charge in [0.25, 0.3) is 23.6 Å². The third-order valence-electron chi connectivity index (χ3n) is 27.9. The Morgan fingerprint density at radius 1 is 0.247 bits per heavy atom. The number of benzene rings is 22. The highest BCUT2D eigenvalue weighted by molar-refractivity contribution is 7.99. The molecule has 0 aromatic heterocycles. The fraction of sp³-hybridized carbons (Fsp3) is 0.0511. The third-order valence-corrected chi connectivity index (χ3v) is 31.0. The molecule has 4 heterocycles. The van der Waals surface area contributed by atoms with Gasteiger partial charge in [-0.2, -0.15) is 0 Å². The van der Waals surface area contributed by atoms with Crippen LogP contribution < -0.4 is 29.4 Å². The Morgan fingerprint density at radius 2 is 0.527 bits per heavy atom. The van der Waals surface area contributed by atoms with E-state index in [0.717, 1.165) is 213 Å². The van der Waals surface area contributed by atoms with E-state index >= 15 is 0 Å². The topological polar surface area (TPSA) is 87.7 Å². The van der Waals surface area contributed by atoms with Gasteiger partial charge in [0.2, 0.25) is 0 Å². The maximum absolute atomic E-state index is 13.9. The van der Waals surface area contributed by atoms with E-state index in [9.17, 15) is 19.2 Å².